The summed E-state index contributed by atoms with van der Waals surface area (Å²) in [4.78, 5) is 26.2. The van der Waals surface area contributed by atoms with E-state index in [1.165, 1.54) is 0 Å². The van der Waals surface area contributed by atoms with E-state index in [9.17, 15) is 9.59 Å². The molecule has 0 bridgehead atoms. The lowest BCUT2D eigenvalue weighted by molar-refractivity contribution is -0.130. The lowest BCUT2D eigenvalue weighted by Crippen LogP contribution is -2.50. The molecule has 0 spiro atoms. The van der Waals surface area contributed by atoms with E-state index in [1.54, 1.807) is 7.05 Å². The van der Waals surface area contributed by atoms with Crippen LogP contribution in [-0.2, 0) is 20.7 Å². The van der Waals surface area contributed by atoms with Gasteiger partial charge in [-0.2, -0.15) is 0 Å². The zero-order chi connectivity index (χ0) is 16.5. The first kappa shape index (κ1) is 17.4. The maximum absolute atomic E-state index is 12.2. The second-order valence-electron chi connectivity index (χ2n) is 5.65. The smallest absolute Gasteiger partial charge is 0.242 e. The molecule has 6 nitrogen and oxygen atoms in total. The molecule has 1 aliphatic heterocycles. The van der Waals surface area contributed by atoms with E-state index in [4.69, 9.17) is 4.74 Å². The summed E-state index contributed by atoms with van der Waals surface area (Å²) in [6.07, 6.45) is 1.33. The fourth-order valence-corrected chi connectivity index (χ4v) is 2.60. The van der Waals surface area contributed by atoms with Gasteiger partial charge in [-0.3, -0.25) is 14.5 Å². The van der Waals surface area contributed by atoms with Crippen LogP contribution in [0.3, 0.4) is 0 Å². The second-order valence-corrected chi connectivity index (χ2v) is 5.65. The number of hydrogen-bond donors (Lipinski definition) is 2. The van der Waals surface area contributed by atoms with E-state index in [1.807, 2.05) is 35.2 Å². The highest BCUT2D eigenvalue weighted by Crippen LogP contribution is 2.06. The van der Waals surface area contributed by atoms with Crippen molar-refractivity contribution >= 4 is 11.8 Å². The number of amides is 2. The molecule has 0 aliphatic carbocycles. The summed E-state index contributed by atoms with van der Waals surface area (Å²) < 4.78 is 5.27. The molecule has 6 heteroatoms. The minimum atomic E-state index is -0.506. The van der Waals surface area contributed by atoms with E-state index in [-0.39, 0.29) is 11.8 Å². The predicted molar refractivity (Wildman–Crippen MR) is 88.0 cm³/mol. The Balaban J connectivity index is 1.84. The van der Waals surface area contributed by atoms with Crippen LogP contribution in [0.25, 0.3) is 0 Å². The molecule has 2 amide bonds. The van der Waals surface area contributed by atoms with Gasteiger partial charge >= 0.3 is 0 Å². The number of hydrogen-bond acceptors (Lipinski definition) is 4. The van der Waals surface area contributed by atoms with E-state index in [0.29, 0.717) is 26.2 Å². The van der Waals surface area contributed by atoms with Gasteiger partial charge < -0.3 is 15.4 Å². The first-order chi connectivity index (χ1) is 11.2. The van der Waals surface area contributed by atoms with Crippen LogP contribution in [0.2, 0.25) is 0 Å². The van der Waals surface area contributed by atoms with Gasteiger partial charge in [0.15, 0.2) is 0 Å². The molecule has 0 unspecified atom stereocenters. The quantitative estimate of drug-likeness (QED) is 0.752. The average molecular weight is 319 g/mol. The minimum Gasteiger partial charge on any atom is -0.379 e. The Morgan fingerprint density at radius 3 is 2.57 bits per heavy atom. The van der Waals surface area contributed by atoms with Gasteiger partial charge in [0.2, 0.25) is 11.8 Å². The van der Waals surface area contributed by atoms with Crippen LogP contribution in [0.15, 0.2) is 30.3 Å². The maximum atomic E-state index is 12.2. The van der Waals surface area contributed by atoms with Gasteiger partial charge in [-0.25, -0.2) is 0 Å². The Hall–Kier alpha value is -1.92. The first-order valence-corrected chi connectivity index (χ1v) is 8.04. The van der Waals surface area contributed by atoms with Crippen LogP contribution in [0.1, 0.15) is 12.0 Å². The van der Waals surface area contributed by atoms with E-state index >= 15 is 0 Å². The molecule has 1 aromatic carbocycles. The molecule has 2 N–H and O–H groups in total. The van der Waals surface area contributed by atoms with Crippen molar-refractivity contribution in [2.45, 2.75) is 18.9 Å². The van der Waals surface area contributed by atoms with Crippen molar-refractivity contribution in [3.63, 3.8) is 0 Å². The molecule has 1 heterocycles. The van der Waals surface area contributed by atoms with Crippen LogP contribution in [0.5, 0.6) is 0 Å². The average Bonchev–Trinajstić information content (AvgIpc) is 2.59. The van der Waals surface area contributed by atoms with E-state index in [2.05, 4.69) is 10.6 Å². The Morgan fingerprint density at radius 2 is 1.91 bits per heavy atom. The Morgan fingerprint density at radius 1 is 1.22 bits per heavy atom. The third-order valence-electron chi connectivity index (χ3n) is 3.93. The molecule has 1 aromatic rings. The van der Waals surface area contributed by atoms with Crippen molar-refractivity contribution in [3.05, 3.63) is 35.9 Å². The largest absolute Gasteiger partial charge is 0.379 e. The molecule has 1 fully saturated rings. The number of likely N-dealkylation sites (N-methyl/N-ethyl adjacent to an activating group) is 1. The molecule has 0 aromatic heterocycles. The van der Waals surface area contributed by atoms with Gasteiger partial charge in [0.25, 0.3) is 0 Å². The van der Waals surface area contributed by atoms with Gasteiger partial charge in [0.05, 0.1) is 19.8 Å². The molecule has 0 saturated carbocycles. The molecule has 126 valence electrons. The van der Waals surface area contributed by atoms with Gasteiger partial charge in [0, 0.05) is 20.1 Å². The van der Waals surface area contributed by atoms with E-state index < -0.39 is 6.04 Å². The number of carbonyl (C=O) groups excluding carboxylic acids is 2. The topological polar surface area (TPSA) is 70.7 Å². The summed E-state index contributed by atoms with van der Waals surface area (Å²) in [5, 5.41) is 5.47. The third kappa shape index (κ3) is 6.00. The molecular weight excluding hydrogens is 294 g/mol. The summed E-state index contributed by atoms with van der Waals surface area (Å²) in [5.41, 5.74) is 1.16. The van der Waals surface area contributed by atoms with Gasteiger partial charge in [-0.15, -0.1) is 0 Å². The summed E-state index contributed by atoms with van der Waals surface area (Å²) >= 11 is 0. The van der Waals surface area contributed by atoms with Crippen molar-refractivity contribution < 1.29 is 14.3 Å². The van der Waals surface area contributed by atoms with Crippen molar-refractivity contribution in [1.29, 1.82) is 0 Å². The first-order valence-electron chi connectivity index (χ1n) is 8.04. The number of nitrogens with zero attached hydrogens (tertiary/aromatic N) is 1. The molecule has 1 atom stereocenters. The van der Waals surface area contributed by atoms with Crippen molar-refractivity contribution in [2.24, 2.45) is 0 Å². The number of aryl methyl sites for hydroxylation is 1. The standard InChI is InChI=1S/C17H25N3O3/c1-18-17(22)15(8-7-14-5-3-2-4-6-14)19-16(21)13-20-9-11-23-12-10-20/h2-6,15H,7-13H2,1H3,(H,18,22)(H,19,21)/t15-/m0/s1. The Bertz CT molecular complexity index is 501. The predicted octanol–water partition coefficient (Wildman–Crippen LogP) is 0.182. The lowest BCUT2D eigenvalue weighted by Gasteiger charge is -2.26. The Labute approximate surface area is 137 Å². The number of benzene rings is 1. The van der Waals surface area contributed by atoms with Crippen LogP contribution in [0.4, 0.5) is 0 Å². The van der Waals surface area contributed by atoms with Crippen molar-refractivity contribution in [1.82, 2.24) is 15.5 Å². The monoisotopic (exact) mass is 319 g/mol. The third-order valence-corrected chi connectivity index (χ3v) is 3.93. The number of ether oxygens (including phenoxy) is 1. The second kappa shape index (κ2) is 9.27. The van der Waals surface area contributed by atoms with E-state index in [0.717, 1.165) is 25.1 Å². The van der Waals surface area contributed by atoms with Crippen molar-refractivity contribution in [3.8, 4) is 0 Å². The highest BCUT2D eigenvalue weighted by Gasteiger charge is 2.21. The fraction of sp³-hybridized carbons (Fsp3) is 0.529. The zero-order valence-corrected chi connectivity index (χ0v) is 13.6. The Kier molecular flexibility index (Phi) is 7.03. The number of nitrogens with one attached hydrogen (secondary N) is 2. The van der Waals surface area contributed by atoms with Crippen molar-refractivity contribution in [2.75, 3.05) is 39.9 Å². The number of carbonyl (C=O) groups is 2. The van der Waals surface area contributed by atoms with Gasteiger partial charge in [0.1, 0.15) is 6.04 Å². The highest BCUT2D eigenvalue weighted by atomic mass is 16.5. The molecular formula is C17H25N3O3. The minimum absolute atomic E-state index is 0.117. The van der Waals surface area contributed by atoms with Crippen LogP contribution >= 0.6 is 0 Å². The molecule has 1 saturated heterocycles. The normalized spacial score (nSPS) is 16.6. The summed E-state index contributed by atoms with van der Waals surface area (Å²) in [6, 6.07) is 9.45. The SMILES string of the molecule is CNC(=O)[C@H](CCc1ccccc1)NC(=O)CN1CCOCC1. The van der Waals surface area contributed by atoms with Crippen LogP contribution in [-0.4, -0.2) is 62.7 Å². The summed E-state index contributed by atoms with van der Waals surface area (Å²) in [5.74, 6) is -0.273. The molecule has 1 aliphatic rings. The summed E-state index contributed by atoms with van der Waals surface area (Å²) in [7, 11) is 1.59. The zero-order valence-electron chi connectivity index (χ0n) is 13.6. The van der Waals surface area contributed by atoms with Crippen LogP contribution in [0, 0.1) is 0 Å². The van der Waals surface area contributed by atoms with Gasteiger partial charge in [-0.05, 0) is 18.4 Å². The molecule has 0 radical (unpaired) electrons. The number of morpholine rings is 1. The highest BCUT2D eigenvalue weighted by molar-refractivity contribution is 5.88. The van der Waals surface area contributed by atoms with Gasteiger partial charge in [-0.1, -0.05) is 30.3 Å². The molecule has 2 rings (SSSR count). The maximum Gasteiger partial charge on any atom is 0.242 e. The van der Waals surface area contributed by atoms with Crippen LogP contribution < -0.4 is 10.6 Å². The molecule has 23 heavy (non-hydrogen) atoms. The fourth-order valence-electron chi connectivity index (χ4n) is 2.60. The number of rotatable bonds is 7. The summed E-state index contributed by atoms with van der Waals surface area (Å²) in [6.45, 7) is 3.12. The lowest BCUT2D eigenvalue weighted by atomic mass is 10.0.